The maximum Gasteiger partial charge on any atom is 0.240 e. The van der Waals surface area contributed by atoms with E-state index in [2.05, 4.69) is 4.72 Å². The van der Waals surface area contributed by atoms with Crippen LogP contribution in [0.25, 0.3) is 0 Å². The van der Waals surface area contributed by atoms with Gasteiger partial charge in [-0.3, -0.25) is 0 Å². The van der Waals surface area contributed by atoms with E-state index in [0.29, 0.717) is 10.0 Å². The Morgan fingerprint density at radius 1 is 1.14 bits per heavy atom. The van der Waals surface area contributed by atoms with Crippen molar-refractivity contribution < 1.29 is 13.2 Å². The second kappa shape index (κ2) is 7.44. The summed E-state index contributed by atoms with van der Waals surface area (Å²) in [6.45, 7) is 0.0646. The zero-order chi connectivity index (χ0) is 16.2. The molecule has 1 atom stereocenters. The predicted molar refractivity (Wildman–Crippen MR) is 87.8 cm³/mol. The van der Waals surface area contributed by atoms with E-state index in [1.807, 2.05) is 6.07 Å². The standard InChI is InChI=1S/C15H15Cl2NO3S/c1-21-15(13-7-2-3-8-14(13)17)10-18-22(19,20)12-6-4-5-11(16)9-12/h2-9,15,18H,10H2,1H3. The summed E-state index contributed by atoms with van der Waals surface area (Å²) in [6.07, 6.45) is -0.484. The molecule has 118 valence electrons. The summed E-state index contributed by atoms with van der Waals surface area (Å²) in [5, 5.41) is 0.883. The molecule has 2 aromatic rings. The van der Waals surface area contributed by atoms with Crippen LogP contribution in [0.3, 0.4) is 0 Å². The van der Waals surface area contributed by atoms with E-state index in [9.17, 15) is 8.42 Å². The van der Waals surface area contributed by atoms with Gasteiger partial charge in [0, 0.05) is 29.3 Å². The molecule has 0 saturated carbocycles. The SMILES string of the molecule is COC(CNS(=O)(=O)c1cccc(Cl)c1)c1ccccc1Cl. The third-order valence-corrected chi connectivity index (χ3v) is 5.10. The Kier molecular flexibility index (Phi) is 5.83. The van der Waals surface area contributed by atoms with Crippen molar-refractivity contribution in [2.24, 2.45) is 0 Å². The zero-order valence-electron chi connectivity index (χ0n) is 11.8. The first-order valence-electron chi connectivity index (χ1n) is 6.46. The Balaban J connectivity index is 2.15. The minimum atomic E-state index is -3.67. The van der Waals surface area contributed by atoms with Crippen molar-refractivity contribution in [1.29, 1.82) is 0 Å². The highest BCUT2D eigenvalue weighted by molar-refractivity contribution is 7.89. The maximum absolute atomic E-state index is 12.3. The molecule has 7 heteroatoms. The van der Waals surface area contributed by atoms with E-state index < -0.39 is 16.1 Å². The Morgan fingerprint density at radius 3 is 2.50 bits per heavy atom. The topological polar surface area (TPSA) is 55.4 Å². The first-order valence-corrected chi connectivity index (χ1v) is 8.70. The lowest BCUT2D eigenvalue weighted by molar-refractivity contribution is 0.107. The van der Waals surface area contributed by atoms with Gasteiger partial charge in [0.2, 0.25) is 10.0 Å². The summed E-state index contributed by atoms with van der Waals surface area (Å²) in [7, 11) is -2.16. The number of hydrogen-bond donors (Lipinski definition) is 1. The highest BCUT2D eigenvalue weighted by atomic mass is 35.5. The fourth-order valence-electron chi connectivity index (χ4n) is 1.96. The van der Waals surface area contributed by atoms with Crippen LogP contribution in [-0.2, 0) is 14.8 Å². The summed E-state index contributed by atoms with van der Waals surface area (Å²) in [5.74, 6) is 0. The average molecular weight is 360 g/mol. The molecule has 0 radical (unpaired) electrons. The van der Waals surface area contributed by atoms with Gasteiger partial charge in [-0.05, 0) is 24.3 Å². The zero-order valence-corrected chi connectivity index (χ0v) is 14.1. The van der Waals surface area contributed by atoms with Crippen LogP contribution in [0.4, 0.5) is 0 Å². The number of benzene rings is 2. The van der Waals surface area contributed by atoms with E-state index in [4.69, 9.17) is 27.9 Å². The molecule has 1 N–H and O–H groups in total. The smallest absolute Gasteiger partial charge is 0.240 e. The van der Waals surface area contributed by atoms with Crippen LogP contribution < -0.4 is 4.72 Å². The van der Waals surface area contributed by atoms with Crippen LogP contribution in [0.5, 0.6) is 0 Å². The monoisotopic (exact) mass is 359 g/mol. The van der Waals surface area contributed by atoms with Gasteiger partial charge in [0.1, 0.15) is 0 Å². The van der Waals surface area contributed by atoms with Crippen molar-refractivity contribution in [3.05, 3.63) is 64.1 Å². The molecule has 1 unspecified atom stereocenters. The molecule has 0 aliphatic rings. The Labute approximate surface area is 140 Å². The maximum atomic E-state index is 12.3. The summed E-state index contributed by atoms with van der Waals surface area (Å²) in [6, 6.07) is 13.2. The van der Waals surface area contributed by atoms with E-state index in [-0.39, 0.29) is 11.4 Å². The molecule has 0 aromatic heterocycles. The van der Waals surface area contributed by atoms with Gasteiger partial charge in [0.05, 0.1) is 11.0 Å². The van der Waals surface area contributed by atoms with Gasteiger partial charge < -0.3 is 4.74 Å². The number of ether oxygens (including phenoxy) is 1. The number of nitrogens with one attached hydrogen (secondary N) is 1. The first-order chi connectivity index (χ1) is 10.4. The molecule has 0 aliphatic carbocycles. The molecule has 2 rings (SSSR count). The van der Waals surface area contributed by atoms with Gasteiger partial charge in [0.15, 0.2) is 0 Å². The highest BCUT2D eigenvalue weighted by Gasteiger charge is 2.19. The lowest BCUT2D eigenvalue weighted by Crippen LogP contribution is -2.29. The van der Waals surface area contributed by atoms with Crippen LogP contribution in [0.1, 0.15) is 11.7 Å². The van der Waals surface area contributed by atoms with Crippen LogP contribution in [0.2, 0.25) is 10.0 Å². The fraction of sp³-hybridized carbons (Fsp3) is 0.200. The highest BCUT2D eigenvalue weighted by Crippen LogP contribution is 2.25. The molecular weight excluding hydrogens is 345 g/mol. The molecule has 0 fully saturated rings. The van der Waals surface area contributed by atoms with Crippen molar-refractivity contribution in [2.75, 3.05) is 13.7 Å². The molecule has 0 aliphatic heterocycles. The molecule has 0 heterocycles. The molecule has 0 saturated heterocycles. The molecule has 4 nitrogen and oxygen atoms in total. The van der Waals surface area contributed by atoms with Gasteiger partial charge in [-0.1, -0.05) is 47.5 Å². The molecular formula is C15H15Cl2NO3S. The largest absolute Gasteiger partial charge is 0.375 e. The quantitative estimate of drug-likeness (QED) is 0.855. The van der Waals surface area contributed by atoms with E-state index in [1.54, 1.807) is 30.3 Å². The number of methoxy groups -OCH3 is 1. The van der Waals surface area contributed by atoms with Gasteiger partial charge in [-0.25, -0.2) is 13.1 Å². The van der Waals surface area contributed by atoms with Gasteiger partial charge in [-0.2, -0.15) is 0 Å². The Bertz CT molecular complexity index is 750. The van der Waals surface area contributed by atoms with Gasteiger partial charge in [0.25, 0.3) is 0 Å². The number of sulfonamides is 1. The fourth-order valence-corrected chi connectivity index (χ4v) is 3.55. The van der Waals surface area contributed by atoms with Crippen LogP contribution in [0, 0.1) is 0 Å². The van der Waals surface area contributed by atoms with Crippen LogP contribution in [0.15, 0.2) is 53.4 Å². The van der Waals surface area contributed by atoms with Crippen molar-refractivity contribution in [3.8, 4) is 0 Å². The minimum Gasteiger partial charge on any atom is -0.375 e. The molecule has 0 bridgehead atoms. The summed E-state index contributed by atoms with van der Waals surface area (Å²) < 4.78 is 32.4. The summed E-state index contributed by atoms with van der Waals surface area (Å²) >= 11 is 11.9. The lowest BCUT2D eigenvalue weighted by atomic mass is 10.1. The van der Waals surface area contributed by atoms with Crippen molar-refractivity contribution >= 4 is 33.2 Å². The van der Waals surface area contributed by atoms with Crippen molar-refractivity contribution in [1.82, 2.24) is 4.72 Å². The summed E-state index contributed by atoms with van der Waals surface area (Å²) in [4.78, 5) is 0.106. The molecule has 0 spiro atoms. The van der Waals surface area contributed by atoms with Crippen LogP contribution >= 0.6 is 23.2 Å². The number of rotatable bonds is 6. The average Bonchev–Trinajstić information content (AvgIpc) is 2.49. The minimum absolute atomic E-state index is 0.0646. The summed E-state index contributed by atoms with van der Waals surface area (Å²) in [5.41, 5.74) is 0.723. The number of halogens is 2. The van der Waals surface area contributed by atoms with Gasteiger partial charge >= 0.3 is 0 Å². The van der Waals surface area contributed by atoms with Crippen molar-refractivity contribution in [3.63, 3.8) is 0 Å². The lowest BCUT2D eigenvalue weighted by Gasteiger charge is -2.18. The second-order valence-corrected chi connectivity index (χ2v) is 7.17. The van der Waals surface area contributed by atoms with Crippen molar-refractivity contribution in [2.45, 2.75) is 11.0 Å². The second-order valence-electron chi connectivity index (χ2n) is 4.56. The molecule has 0 amide bonds. The van der Waals surface area contributed by atoms with E-state index in [0.717, 1.165) is 5.56 Å². The third kappa shape index (κ3) is 4.21. The molecule has 22 heavy (non-hydrogen) atoms. The first kappa shape index (κ1) is 17.2. The normalized spacial score (nSPS) is 13.0. The van der Waals surface area contributed by atoms with E-state index in [1.165, 1.54) is 19.2 Å². The Morgan fingerprint density at radius 2 is 1.86 bits per heavy atom. The third-order valence-electron chi connectivity index (χ3n) is 3.10. The van der Waals surface area contributed by atoms with Crippen LogP contribution in [-0.4, -0.2) is 22.1 Å². The Hall–Kier alpha value is -1.11. The molecule has 2 aromatic carbocycles. The van der Waals surface area contributed by atoms with Gasteiger partial charge in [-0.15, -0.1) is 0 Å². The number of hydrogen-bond acceptors (Lipinski definition) is 3. The predicted octanol–water partition coefficient (Wildman–Crippen LogP) is 3.66. The van der Waals surface area contributed by atoms with E-state index >= 15 is 0 Å².